The Morgan fingerprint density at radius 1 is 1.00 bits per heavy atom. The number of rotatable bonds is 3. The lowest BCUT2D eigenvalue weighted by Gasteiger charge is -2.09. The van der Waals surface area contributed by atoms with Gasteiger partial charge in [-0.15, -0.1) is 11.3 Å². The van der Waals surface area contributed by atoms with Crippen LogP contribution in [0.25, 0.3) is 11.3 Å². The van der Waals surface area contributed by atoms with Crippen molar-refractivity contribution in [3.05, 3.63) is 70.8 Å². The topological polar surface area (TPSA) is 25.8 Å². The first-order chi connectivity index (χ1) is 9.34. The molecular formula is C16H14N2S. The van der Waals surface area contributed by atoms with Gasteiger partial charge >= 0.3 is 0 Å². The van der Waals surface area contributed by atoms with Crippen LogP contribution in [0.1, 0.15) is 23.3 Å². The van der Waals surface area contributed by atoms with Gasteiger partial charge in [-0.1, -0.05) is 43.3 Å². The van der Waals surface area contributed by atoms with Gasteiger partial charge in [0, 0.05) is 28.8 Å². The first-order valence-corrected chi connectivity index (χ1v) is 7.12. The van der Waals surface area contributed by atoms with Crippen LogP contribution in [0.15, 0.2) is 60.4 Å². The van der Waals surface area contributed by atoms with Crippen molar-refractivity contribution in [1.82, 2.24) is 9.97 Å². The van der Waals surface area contributed by atoms with Gasteiger partial charge in [0.1, 0.15) is 0 Å². The molecule has 0 saturated heterocycles. The van der Waals surface area contributed by atoms with Crippen LogP contribution in [-0.4, -0.2) is 9.97 Å². The number of benzene rings is 1. The molecule has 0 saturated carbocycles. The second-order valence-corrected chi connectivity index (χ2v) is 5.39. The van der Waals surface area contributed by atoms with Crippen molar-refractivity contribution < 1.29 is 0 Å². The molecule has 1 aromatic carbocycles. The second-order valence-electron chi connectivity index (χ2n) is 4.47. The summed E-state index contributed by atoms with van der Waals surface area (Å²) < 4.78 is 0. The standard InChI is InChI=1S/C16H14N2S/c1-12(16-10-17-11-19-16)14-7-8-15(18-9-14)13-5-3-2-4-6-13/h2-12H,1H3. The average molecular weight is 266 g/mol. The highest BCUT2D eigenvalue weighted by Gasteiger charge is 2.10. The molecule has 3 rings (SSSR count). The van der Waals surface area contributed by atoms with E-state index in [0.29, 0.717) is 5.92 Å². The predicted molar refractivity (Wildman–Crippen MR) is 79.3 cm³/mol. The first kappa shape index (κ1) is 12.1. The second kappa shape index (κ2) is 5.33. The maximum Gasteiger partial charge on any atom is 0.0794 e. The van der Waals surface area contributed by atoms with Crippen molar-refractivity contribution in [1.29, 1.82) is 0 Å². The molecule has 3 aromatic rings. The molecule has 0 aliphatic carbocycles. The molecule has 0 aliphatic rings. The van der Waals surface area contributed by atoms with Gasteiger partial charge in [-0.3, -0.25) is 9.97 Å². The van der Waals surface area contributed by atoms with E-state index in [-0.39, 0.29) is 0 Å². The van der Waals surface area contributed by atoms with E-state index in [1.165, 1.54) is 10.4 Å². The minimum absolute atomic E-state index is 0.352. The monoisotopic (exact) mass is 266 g/mol. The maximum atomic E-state index is 4.56. The van der Waals surface area contributed by atoms with Gasteiger partial charge in [-0.25, -0.2) is 0 Å². The highest BCUT2D eigenvalue weighted by atomic mass is 32.1. The van der Waals surface area contributed by atoms with E-state index < -0.39 is 0 Å². The minimum atomic E-state index is 0.352. The Kier molecular flexibility index (Phi) is 3.38. The van der Waals surface area contributed by atoms with Crippen LogP contribution < -0.4 is 0 Å². The Labute approximate surface area is 116 Å². The van der Waals surface area contributed by atoms with Gasteiger partial charge in [0.25, 0.3) is 0 Å². The van der Waals surface area contributed by atoms with Crippen LogP contribution in [0.5, 0.6) is 0 Å². The lowest BCUT2D eigenvalue weighted by atomic mass is 10.0. The van der Waals surface area contributed by atoms with E-state index in [0.717, 1.165) is 11.3 Å². The molecule has 0 radical (unpaired) electrons. The first-order valence-electron chi connectivity index (χ1n) is 6.24. The van der Waals surface area contributed by atoms with Crippen LogP contribution in [-0.2, 0) is 0 Å². The van der Waals surface area contributed by atoms with Gasteiger partial charge in [0.15, 0.2) is 0 Å². The van der Waals surface area contributed by atoms with Crippen molar-refractivity contribution in [2.75, 3.05) is 0 Å². The SMILES string of the molecule is CC(c1ccc(-c2ccccc2)nc1)c1cncs1. The third-order valence-electron chi connectivity index (χ3n) is 3.23. The Morgan fingerprint density at radius 3 is 2.47 bits per heavy atom. The van der Waals surface area contributed by atoms with E-state index in [1.54, 1.807) is 11.3 Å². The highest BCUT2D eigenvalue weighted by Crippen LogP contribution is 2.27. The van der Waals surface area contributed by atoms with Crippen molar-refractivity contribution in [3.63, 3.8) is 0 Å². The maximum absolute atomic E-state index is 4.56. The van der Waals surface area contributed by atoms with Crippen LogP contribution >= 0.6 is 11.3 Å². The summed E-state index contributed by atoms with van der Waals surface area (Å²) in [7, 11) is 0. The summed E-state index contributed by atoms with van der Waals surface area (Å²) in [6.07, 6.45) is 3.90. The summed E-state index contributed by atoms with van der Waals surface area (Å²) in [5.74, 6) is 0.352. The normalized spacial score (nSPS) is 12.3. The zero-order valence-corrected chi connectivity index (χ0v) is 11.5. The Morgan fingerprint density at radius 2 is 1.84 bits per heavy atom. The zero-order valence-electron chi connectivity index (χ0n) is 10.7. The fraction of sp³-hybridized carbons (Fsp3) is 0.125. The molecule has 0 spiro atoms. The van der Waals surface area contributed by atoms with Crippen molar-refractivity contribution in [3.8, 4) is 11.3 Å². The fourth-order valence-electron chi connectivity index (χ4n) is 2.04. The highest BCUT2D eigenvalue weighted by molar-refractivity contribution is 7.09. The van der Waals surface area contributed by atoms with Gasteiger partial charge in [-0.2, -0.15) is 0 Å². The van der Waals surface area contributed by atoms with E-state index >= 15 is 0 Å². The molecule has 2 aromatic heterocycles. The molecule has 2 nitrogen and oxygen atoms in total. The molecule has 94 valence electrons. The predicted octanol–water partition coefficient (Wildman–Crippen LogP) is 4.36. The van der Waals surface area contributed by atoms with Gasteiger partial charge < -0.3 is 0 Å². The number of pyridine rings is 1. The smallest absolute Gasteiger partial charge is 0.0794 e. The quantitative estimate of drug-likeness (QED) is 0.704. The number of hydrogen-bond acceptors (Lipinski definition) is 3. The van der Waals surface area contributed by atoms with Crippen molar-refractivity contribution >= 4 is 11.3 Å². The Hall–Kier alpha value is -2.00. The molecule has 1 atom stereocenters. The largest absolute Gasteiger partial charge is 0.256 e. The number of aromatic nitrogens is 2. The van der Waals surface area contributed by atoms with Crippen LogP contribution in [0.4, 0.5) is 0 Å². The van der Waals surface area contributed by atoms with Crippen molar-refractivity contribution in [2.24, 2.45) is 0 Å². The lowest BCUT2D eigenvalue weighted by Crippen LogP contribution is -1.95. The van der Waals surface area contributed by atoms with Gasteiger partial charge in [-0.05, 0) is 11.6 Å². The van der Waals surface area contributed by atoms with E-state index in [1.807, 2.05) is 36.1 Å². The average Bonchev–Trinajstić information content (AvgIpc) is 3.02. The van der Waals surface area contributed by atoms with Crippen LogP contribution in [0.3, 0.4) is 0 Å². The molecule has 0 bridgehead atoms. The zero-order chi connectivity index (χ0) is 13.1. The van der Waals surface area contributed by atoms with E-state index in [9.17, 15) is 0 Å². The third kappa shape index (κ3) is 2.56. The molecule has 2 heterocycles. The molecule has 1 unspecified atom stereocenters. The van der Waals surface area contributed by atoms with Gasteiger partial charge in [0.2, 0.25) is 0 Å². The summed E-state index contributed by atoms with van der Waals surface area (Å²) in [5, 5.41) is 0. The Bertz CT molecular complexity index is 630. The van der Waals surface area contributed by atoms with Crippen molar-refractivity contribution in [2.45, 2.75) is 12.8 Å². The van der Waals surface area contributed by atoms with E-state index in [4.69, 9.17) is 0 Å². The third-order valence-corrected chi connectivity index (χ3v) is 4.19. The minimum Gasteiger partial charge on any atom is -0.256 e. The molecule has 19 heavy (non-hydrogen) atoms. The summed E-state index contributed by atoms with van der Waals surface area (Å²) in [6, 6.07) is 14.5. The van der Waals surface area contributed by atoms with Crippen LogP contribution in [0, 0.1) is 0 Å². The summed E-state index contributed by atoms with van der Waals surface area (Å²) >= 11 is 1.69. The molecule has 0 fully saturated rings. The van der Waals surface area contributed by atoms with Crippen LogP contribution in [0.2, 0.25) is 0 Å². The Balaban J connectivity index is 1.87. The van der Waals surface area contributed by atoms with E-state index in [2.05, 4.69) is 41.2 Å². The molecular weight excluding hydrogens is 252 g/mol. The summed E-state index contributed by atoms with van der Waals surface area (Å²) in [4.78, 5) is 9.97. The molecule has 0 N–H and O–H groups in total. The summed E-state index contributed by atoms with van der Waals surface area (Å²) in [6.45, 7) is 2.19. The molecule has 0 aliphatic heterocycles. The number of thiazole rings is 1. The molecule has 3 heteroatoms. The number of nitrogens with zero attached hydrogens (tertiary/aromatic N) is 2. The fourth-order valence-corrected chi connectivity index (χ4v) is 2.75. The molecule has 0 amide bonds. The summed E-state index contributed by atoms with van der Waals surface area (Å²) in [5.41, 5.74) is 5.27. The number of hydrogen-bond donors (Lipinski definition) is 0. The lowest BCUT2D eigenvalue weighted by molar-refractivity contribution is 0.931. The van der Waals surface area contributed by atoms with Gasteiger partial charge in [0.05, 0.1) is 11.2 Å².